The Kier molecular flexibility index (Phi) is 13.2. The first-order chi connectivity index (χ1) is 23.0. The van der Waals surface area contributed by atoms with E-state index < -0.39 is 35.8 Å². The molecule has 1 saturated heterocycles. The molecule has 2 aromatic carbocycles. The zero-order chi connectivity index (χ0) is 34.3. The first-order valence-corrected chi connectivity index (χ1v) is 17.0. The molecule has 1 saturated carbocycles. The SMILES string of the molecule is Cl.O=C(O)CC[C@H](NC(=O)CCC(NC(=O)c1cc(Cl)cc(Cl)c1)C(=O)N1CCC2(CCCC2)CC1)C(=O)Nc1cccc2cccnc12. The fourth-order valence-electron chi connectivity index (χ4n) is 6.73. The number of piperidine rings is 1. The highest BCUT2D eigenvalue weighted by molar-refractivity contribution is 6.35. The summed E-state index contributed by atoms with van der Waals surface area (Å²) in [5.41, 5.74) is 1.42. The molecule has 262 valence electrons. The summed E-state index contributed by atoms with van der Waals surface area (Å²) in [6.45, 7) is 1.14. The number of fused-ring (bicyclic) bond motifs is 1. The fraction of sp³-hybridized carbons (Fsp3) is 0.429. The van der Waals surface area contributed by atoms with E-state index in [-0.39, 0.29) is 65.0 Å². The number of carboxylic acids is 1. The second kappa shape index (κ2) is 17.1. The lowest BCUT2D eigenvalue weighted by atomic mass is 9.77. The molecule has 11 nitrogen and oxygen atoms in total. The molecular weight excluding hydrogens is 693 g/mol. The average Bonchev–Trinajstić information content (AvgIpc) is 3.52. The Bertz CT molecular complexity index is 1660. The number of nitrogens with zero attached hydrogens (tertiary/aromatic N) is 2. The van der Waals surface area contributed by atoms with Crippen LogP contribution in [0.5, 0.6) is 0 Å². The highest BCUT2D eigenvalue weighted by atomic mass is 35.5. The van der Waals surface area contributed by atoms with Crippen molar-refractivity contribution < 1.29 is 29.1 Å². The predicted octanol–water partition coefficient (Wildman–Crippen LogP) is 6.01. The molecule has 1 aliphatic carbocycles. The molecule has 3 aromatic rings. The Morgan fingerprint density at radius 3 is 2.18 bits per heavy atom. The molecule has 4 amide bonds. The normalized spacial score (nSPS) is 16.3. The van der Waals surface area contributed by atoms with Gasteiger partial charge in [-0.25, -0.2) is 0 Å². The molecule has 49 heavy (non-hydrogen) atoms. The first kappa shape index (κ1) is 37.9. The molecule has 14 heteroatoms. The van der Waals surface area contributed by atoms with E-state index in [4.69, 9.17) is 23.2 Å². The summed E-state index contributed by atoms with van der Waals surface area (Å²) >= 11 is 12.2. The van der Waals surface area contributed by atoms with Gasteiger partial charge in [-0.3, -0.25) is 29.0 Å². The number of anilines is 1. The van der Waals surface area contributed by atoms with Crippen molar-refractivity contribution in [3.8, 4) is 0 Å². The Balaban J connectivity index is 0.00000541. The molecular formula is C35H40Cl3N5O6. The van der Waals surface area contributed by atoms with Gasteiger partial charge in [0.15, 0.2) is 0 Å². The van der Waals surface area contributed by atoms with Crippen molar-refractivity contribution in [3.05, 3.63) is 70.3 Å². The van der Waals surface area contributed by atoms with Gasteiger partial charge in [0.05, 0.1) is 11.2 Å². The number of pyridine rings is 1. The number of nitrogens with one attached hydrogen (secondary N) is 3. The molecule has 1 unspecified atom stereocenters. The van der Waals surface area contributed by atoms with Crippen LogP contribution in [0.1, 0.15) is 74.6 Å². The minimum absolute atomic E-state index is 0. The zero-order valence-corrected chi connectivity index (χ0v) is 29.2. The van der Waals surface area contributed by atoms with E-state index in [1.54, 1.807) is 29.3 Å². The number of carboxylic acid groups (broad SMARTS) is 1. The number of hydrogen-bond acceptors (Lipinski definition) is 6. The molecule has 5 rings (SSSR count). The molecule has 2 fully saturated rings. The van der Waals surface area contributed by atoms with Gasteiger partial charge in [-0.15, -0.1) is 12.4 Å². The quantitative estimate of drug-likeness (QED) is 0.178. The fourth-order valence-corrected chi connectivity index (χ4v) is 7.26. The van der Waals surface area contributed by atoms with Crippen LogP contribution in [-0.4, -0.2) is 69.8 Å². The standard InChI is InChI=1S/C35H39Cl2N5O6.ClH/c36-24-19-23(20-25(37)21-24)32(46)41-28(34(48)42-17-14-35(15-18-42)12-1-2-13-35)8-10-29(43)39-27(9-11-30(44)45)33(47)40-26-7-3-5-22-6-4-16-38-31(22)26;/h3-7,16,19-21,27-28H,1-2,8-15,17-18H2,(H,39,43)(H,40,47)(H,41,46)(H,44,45);1H/t27-,28?;/m0./s1. The second-order valence-electron chi connectivity index (χ2n) is 12.7. The van der Waals surface area contributed by atoms with Crippen molar-refractivity contribution in [3.63, 3.8) is 0 Å². The summed E-state index contributed by atoms with van der Waals surface area (Å²) in [5.74, 6) is -3.15. The van der Waals surface area contributed by atoms with Crippen LogP contribution in [0.3, 0.4) is 0 Å². The van der Waals surface area contributed by atoms with Gasteiger partial charge in [0, 0.05) is 53.1 Å². The van der Waals surface area contributed by atoms with Crippen molar-refractivity contribution >= 4 is 81.8 Å². The molecule has 1 aliphatic heterocycles. The first-order valence-electron chi connectivity index (χ1n) is 16.2. The molecule has 1 aromatic heterocycles. The summed E-state index contributed by atoms with van der Waals surface area (Å²) in [4.78, 5) is 71.1. The Hall–Kier alpha value is -3.93. The number of para-hydroxylation sites is 1. The van der Waals surface area contributed by atoms with Crippen LogP contribution < -0.4 is 16.0 Å². The average molecular weight is 733 g/mol. The number of hydrogen-bond donors (Lipinski definition) is 4. The maximum Gasteiger partial charge on any atom is 0.303 e. The maximum atomic E-state index is 13.8. The summed E-state index contributed by atoms with van der Waals surface area (Å²) in [5, 5.41) is 18.8. The topological polar surface area (TPSA) is 158 Å². The van der Waals surface area contributed by atoms with E-state index in [0.29, 0.717) is 24.3 Å². The minimum atomic E-state index is -1.17. The Morgan fingerprint density at radius 2 is 1.51 bits per heavy atom. The van der Waals surface area contributed by atoms with Gasteiger partial charge in [0.1, 0.15) is 12.1 Å². The van der Waals surface area contributed by atoms with Crippen molar-refractivity contribution in [1.82, 2.24) is 20.5 Å². The number of likely N-dealkylation sites (tertiary alicyclic amines) is 1. The molecule has 4 N–H and O–H groups in total. The van der Waals surface area contributed by atoms with Gasteiger partial charge in [0.25, 0.3) is 5.91 Å². The number of aromatic nitrogens is 1. The number of carbonyl (C=O) groups excluding carboxylic acids is 4. The summed E-state index contributed by atoms with van der Waals surface area (Å²) in [6, 6.07) is 11.1. The Morgan fingerprint density at radius 1 is 0.857 bits per heavy atom. The number of benzene rings is 2. The molecule has 0 radical (unpaired) electrons. The third-order valence-corrected chi connectivity index (χ3v) is 9.81. The van der Waals surface area contributed by atoms with E-state index in [0.717, 1.165) is 18.2 Å². The lowest BCUT2D eigenvalue weighted by Crippen LogP contribution is -2.52. The molecule has 2 aliphatic rings. The van der Waals surface area contributed by atoms with Gasteiger partial charge in [0.2, 0.25) is 17.7 Å². The lowest BCUT2D eigenvalue weighted by Gasteiger charge is -2.40. The van der Waals surface area contributed by atoms with E-state index in [1.165, 1.54) is 43.9 Å². The van der Waals surface area contributed by atoms with Crippen LogP contribution >= 0.6 is 35.6 Å². The summed E-state index contributed by atoms with van der Waals surface area (Å²) in [7, 11) is 0. The van der Waals surface area contributed by atoms with Crippen molar-refractivity contribution in [2.24, 2.45) is 5.41 Å². The van der Waals surface area contributed by atoms with Gasteiger partial charge < -0.3 is 26.0 Å². The second-order valence-corrected chi connectivity index (χ2v) is 13.6. The van der Waals surface area contributed by atoms with E-state index in [1.807, 2.05) is 12.1 Å². The largest absolute Gasteiger partial charge is 0.481 e. The van der Waals surface area contributed by atoms with Crippen molar-refractivity contribution in [1.29, 1.82) is 0 Å². The van der Waals surface area contributed by atoms with Crippen LogP contribution in [0.2, 0.25) is 10.0 Å². The number of carbonyl (C=O) groups is 5. The van der Waals surface area contributed by atoms with Crippen molar-refractivity contribution in [2.75, 3.05) is 18.4 Å². The highest BCUT2D eigenvalue weighted by Gasteiger charge is 2.39. The van der Waals surface area contributed by atoms with Crippen molar-refractivity contribution in [2.45, 2.75) is 76.3 Å². The Labute approximate surface area is 300 Å². The van der Waals surface area contributed by atoms with Crippen LogP contribution in [0.4, 0.5) is 5.69 Å². The third-order valence-electron chi connectivity index (χ3n) is 9.38. The lowest BCUT2D eigenvalue weighted by molar-refractivity contribution is -0.138. The minimum Gasteiger partial charge on any atom is -0.481 e. The summed E-state index contributed by atoms with van der Waals surface area (Å²) < 4.78 is 0. The number of amides is 4. The molecule has 2 heterocycles. The maximum absolute atomic E-state index is 13.8. The summed E-state index contributed by atoms with van der Waals surface area (Å²) in [6.07, 6.45) is 7.35. The monoisotopic (exact) mass is 731 g/mol. The molecule has 1 spiro atoms. The van der Waals surface area contributed by atoms with Crippen LogP contribution in [-0.2, 0) is 19.2 Å². The third kappa shape index (κ3) is 10.1. The van der Waals surface area contributed by atoms with E-state index in [9.17, 15) is 29.1 Å². The van der Waals surface area contributed by atoms with Gasteiger partial charge in [-0.1, -0.05) is 54.2 Å². The number of aliphatic carboxylic acids is 1. The van der Waals surface area contributed by atoms with Gasteiger partial charge in [-0.05, 0) is 74.3 Å². The van der Waals surface area contributed by atoms with E-state index >= 15 is 0 Å². The zero-order valence-electron chi connectivity index (χ0n) is 26.9. The number of halogens is 3. The number of rotatable bonds is 12. The molecule has 2 atom stereocenters. The highest BCUT2D eigenvalue weighted by Crippen LogP contribution is 2.46. The van der Waals surface area contributed by atoms with E-state index in [2.05, 4.69) is 20.9 Å². The van der Waals surface area contributed by atoms with Crippen LogP contribution in [0, 0.1) is 5.41 Å². The van der Waals surface area contributed by atoms with Gasteiger partial charge >= 0.3 is 5.97 Å². The molecule has 0 bridgehead atoms. The van der Waals surface area contributed by atoms with Crippen LogP contribution in [0.15, 0.2) is 54.7 Å². The van der Waals surface area contributed by atoms with Crippen LogP contribution in [0.25, 0.3) is 10.9 Å². The predicted molar refractivity (Wildman–Crippen MR) is 190 cm³/mol. The van der Waals surface area contributed by atoms with Gasteiger partial charge in [-0.2, -0.15) is 0 Å². The smallest absolute Gasteiger partial charge is 0.303 e.